The Labute approximate surface area is 181 Å². The summed E-state index contributed by atoms with van der Waals surface area (Å²) < 4.78 is 11.2. The molecule has 0 radical (unpaired) electrons. The number of halogens is 1. The predicted molar refractivity (Wildman–Crippen MR) is 123 cm³/mol. The van der Waals surface area contributed by atoms with Crippen molar-refractivity contribution in [1.29, 1.82) is 0 Å². The molecule has 1 aliphatic rings. The van der Waals surface area contributed by atoms with Gasteiger partial charge in [-0.15, -0.1) is 24.0 Å². The van der Waals surface area contributed by atoms with Crippen molar-refractivity contribution >= 4 is 29.9 Å². The van der Waals surface area contributed by atoms with E-state index in [0.29, 0.717) is 12.5 Å². The summed E-state index contributed by atoms with van der Waals surface area (Å²) in [7, 11) is 0. The molecule has 0 amide bonds. The minimum absolute atomic E-state index is 0. The van der Waals surface area contributed by atoms with Crippen LogP contribution in [0.3, 0.4) is 0 Å². The van der Waals surface area contributed by atoms with Crippen molar-refractivity contribution < 1.29 is 9.47 Å². The van der Waals surface area contributed by atoms with Crippen LogP contribution in [0, 0.1) is 5.92 Å². The summed E-state index contributed by atoms with van der Waals surface area (Å²) in [5.74, 6) is 1.55. The highest BCUT2D eigenvalue weighted by atomic mass is 127. The van der Waals surface area contributed by atoms with Gasteiger partial charge in [-0.3, -0.25) is 0 Å². The van der Waals surface area contributed by atoms with E-state index in [2.05, 4.69) is 48.7 Å². The second kappa shape index (κ2) is 15.1. The molecule has 2 N–H and O–H groups in total. The summed E-state index contributed by atoms with van der Waals surface area (Å²) in [6, 6.07) is 8.52. The summed E-state index contributed by atoms with van der Waals surface area (Å²) in [6.07, 6.45) is 4.29. The fourth-order valence-corrected chi connectivity index (χ4v) is 3.11. The largest absolute Gasteiger partial charge is 0.381 e. The average molecular weight is 489 g/mol. The molecule has 1 saturated heterocycles. The van der Waals surface area contributed by atoms with Gasteiger partial charge in [0.1, 0.15) is 0 Å². The van der Waals surface area contributed by atoms with Gasteiger partial charge in [0.15, 0.2) is 5.96 Å². The minimum atomic E-state index is 0. The summed E-state index contributed by atoms with van der Waals surface area (Å²) >= 11 is 0. The molecule has 0 spiro atoms. The molecule has 6 heteroatoms. The summed E-state index contributed by atoms with van der Waals surface area (Å²) in [5.41, 5.74) is 2.67. The van der Waals surface area contributed by atoms with Crippen molar-refractivity contribution in [2.45, 2.75) is 46.1 Å². The highest BCUT2D eigenvalue weighted by Gasteiger charge is 2.13. The third kappa shape index (κ3) is 9.76. The number of hydrogen-bond donors (Lipinski definition) is 2. The maximum atomic E-state index is 5.82. The van der Waals surface area contributed by atoms with Gasteiger partial charge in [-0.25, -0.2) is 4.99 Å². The molecule has 5 nitrogen and oxygen atoms in total. The number of aliphatic imine (C=N–C) groups is 1. The molecule has 154 valence electrons. The Kier molecular flexibility index (Phi) is 13.5. The van der Waals surface area contributed by atoms with E-state index in [9.17, 15) is 0 Å². The molecule has 27 heavy (non-hydrogen) atoms. The quantitative estimate of drug-likeness (QED) is 0.228. The number of aryl methyl sites for hydroxylation is 1. The third-order valence-corrected chi connectivity index (χ3v) is 4.70. The first kappa shape index (κ1) is 24.2. The molecular weight excluding hydrogens is 453 g/mol. The summed E-state index contributed by atoms with van der Waals surface area (Å²) in [6.45, 7) is 10.2. The zero-order valence-corrected chi connectivity index (χ0v) is 19.2. The Morgan fingerprint density at radius 3 is 2.59 bits per heavy atom. The van der Waals surface area contributed by atoms with E-state index in [1.807, 2.05) is 0 Å². The van der Waals surface area contributed by atoms with Crippen molar-refractivity contribution in [3.63, 3.8) is 0 Å². The van der Waals surface area contributed by atoms with E-state index in [-0.39, 0.29) is 24.0 Å². The fourth-order valence-electron chi connectivity index (χ4n) is 3.11. The molecule has 0 aliphatic carbocycles. The minimum Gasteiger partial charge on any atom is -0.381 e. The van der Waals surface area contributed by atoms with Crippen molar-refractivity contribution in [1.82, 2.24) is 10.6 Å². The van der Waals surface area contributed by atoms with Crippen LogP contribution in [0.5, 0.6) is 0 Å². The van der Waals surface area contributed by atoms with Gasteiger partial charge in [0.25, 0.3) is 0 Å². The Bertz CT molecular complexity index is 534. The number of guanidine groups is 1. The molecule has 2 rings (SSSR count). The first-order valence-electron chi connectivity index (χ1n) is 10.1. The number of nitrogens with zero attached hydrogens (tertiary/aromatic N) is 1. The van der Waals surface area contributed by atoms with Crippen LogP contribution in [0.25, 0.3) is 0 Å². The highest BCUT2D eigenvalue weighted by Crippen LogP contribution is 2.14. The molecule has 0 saturated carbocycles. The predicted octanol–water partition coefficient (Wildman–Crippen LogP) is 3.76. The van der Waals surface area contributed by atoms with Crippen LogP contribution in [0.4, 0.5) is 0 Å². The molecule has 0 bridgehead atoms. The van der Waals surface area contributed by atoms with Crippen LogP contribution in [-0.2, 0) is 22.4 Å². The van der Waals surface area contributed by atoms with Crippen LogP contribution in [0.2, 0.25) is 0 Å². The lowest BCUT2D eigenvalue weighted by Gasteiger charge is -2.21. The van der Waals surface area contributed by atoms with Crippen LogP contribution in [0.1, 0.15) is 44.2 Å². The molecule has 1 aromatic carbocycles. The molecule has 0 unspecified atom stereocenters. The topological polar surface area (TPSA) is 54.9 Å². The van der Waals surface area contributed by atoms with Crippen molar-refractivity contribution in [3.8, 4) is 0 Å². The Morgan fingerprint density at radius 2 is 1.89 bits per heavy atom. The molecule has 1 aliphatic heterocycles. The Balaban J connectivity index is 0.00000364. The first-order chi connectivity index (χ1) is 12.8. The zero-order chi connectivity index (χ0) is 18.5. The van der Waals surface area contributed by atoms with Crippen LogP contribution in [0.15, 0.2) is 29.3 Å². The normalized spacial score (nSPS) is 15.3. The van der Waals surface area contributed by atoms with Gasteiger partial charge in [-0.1, -0.05) is 31.2 Å². The van der Waals surface area contributed by atoms with Gasteiger partial charge >= 0.3 is 0 Å². The summed E-state index contributed by atoms with van der Waals surface area (Å²) in [5, 5.41) is 6.72. The van der Waals surface area contributed by atoms with E-state index in [1.165, 1.54) is 11.1 Å². The molecule has 1 fully saturated rings. The lowest BCUT2D eigenvalue weighted by Crippen LogP contribution is -2.38. The van der Waals surface area contributed by atoms with Gasteiger partial charge in [0, 0.05) is 39.5 Å². The second-order valence-corrected chi connectivity index (χ2v) is 6.73. The monoisotopic (exact) mass is 489 g/mol. The first-order valence-corrected chi connectivity index (χ1v) is 10.1. The Morgan fingerprint density at radius 1 is 1.15 bits per heavy atom. The molecule has 1 heterocycles. The van der Waals surface area contributed by atoms with Crippen LogP contribution >= 0.6 is 24.0 Å². The lowest BCUT2D eigenvalue weighted by atomic mass is 10.0. The molecular formula is C21H36IN3O2. The van der Waals surface area contributed by atoms with E-state index in [1.54, 1.807) is 0 Å². The molecule has 0 aromatic heterocycles. The van der Waals surface area contributed by atoms with Crippen LogP contribution in [-0.4, -0.2) is 45.5 Å². The third-order valence-electron chi connectivity index (χ3n) is 4.70. The Hall–Kier alpha value is -0.860. The standard InChI is InChI=1S/C21H35N3O2.HI/c1-3-19-8-5-6-9-20(19)16-24-21(22-4-2)23-12-7-13-26-17-18-10-14-25-15-11-18;/h5-6,8-9,18H,3-4,7,10-17H2,1-2H3,(H2,22,23,24);1H. The fraction of sp³-hybridized carbons (Fsp3) is 0.667. The number of hydrogen-bond acceptors (Lipinski definition) is 3. The highest BCUT2D eigenvalue weighted by molar-refractivity contribution is 14.0. The zero-order valence-electron chi connectivity index (χ0n) is 16.8. The van der Waals surface area contributed by atoms with Gasteiger partial charge in [-0.2, -0.15) is 0 Å². The van der Waals surface area contributed by atoms with Crippen molar-refractivity contribution in [3.05, 3.63) is 35.4 Å². The lowest BCUT2D eigenvalue weighted by molar-refractivity contribution is 0.0203. The second-order valence-electron chi connectivity index (χ2n) is 6.73. The van der Waals surface area contributed by atoms with E-state index < -0.39 is 0 Å². The summed E-state index contributed by atoms with van der Waals surface area (Å²) in [4.78, 5) is 4.72. The SMILES string of the molecule is CCNC(=NCc1ccccc1CC)NCCCOCC1CCOCC1.I. The maximum Gasteiger partial charge on any atom is 0.191 e. The smallest absolute Gasteiger partial charge is 0.191 e. The van der Waals surface area contributed by atoms with Gasteiger partial charge in [0.05, 0.1) is 6.54 Å². The van der Waals surface area contributed by atoms with Gasteiger partial charge in [0.2, 0.25) is 0 Å². The number of rotatable bonds is 10. The van der Waals surface area contributed by atoms with E-state index in [4.69, 9.17) is 14.5 Å². The van der Waals surface area contributed by atoms with E-state index in [0.717, 1.165) is 71.2 Å². The molecule has 0 atom stereocenters. The number of ether oxygens (including phenoxy) is 2. The van der Waals surface area contributed by atoms with Gasteiger partial charge < -0.3 is 20.1 Å². The van der Waals surface area contributed by atoms with Crippen molar-refractivity contribution in [2.75, 3.05) is 39.5 Å². The average Bonchev–Trinajstić information content (AvgIpc) is 2.69. The van der Waals surface area contributed by atoms with Gasteiger partial charge in [-0.05, 0) is 49.7 Å². The van der Waals surface area contributed by atoms with Crippen molar-refractivity contribution in [2.24, 2.45) is 10.9 Å². The molecule has 1 aromatic rings. The number of nitrogens with one attached hydrogen (secondary N) is 2. The van der Waals surface area contributed by atoms with Crippen LogP contribution < -0.4 is 10.6 Å². The maximum absolute atomic E-state index is 5.82. The number of benzene rings is 1. The van der Waals surface area contributed by atoms with E-state index >= 15 is 0 Å².